The number of rotatable bonds is 2. The molecular weight excluding hydrogens is 403 g/mol. The minimum absolute atomic E-state index is 0.151. The molecule has 4 heteroatoms. The molecule has 0 amide bonds. The Hall–Kier alpha value is -3.92. The third-order valence-corrected chi connectivity index (χ3v) is 7.27. The van der Waals surface area contributed by atoms with Crippen molar-refractivity contribution < 1.29 is 4.74 Å². The van der Waals surface area contributed by atoms with Crippen molar-refractivity contribution in [1.82, 2.24) is 9.13 Å². The third kappa shape index (κ3) is 2.52. The Kier molecular flexibility index (Phi) is 3.70. The molecule has 2 aromatic heterocycles. The minimum Gasteiger partial charge on any atom is -0.455 e. The molecule has 0 radical (unpaired) electrons. The van der Waals surface area contributed by atoms with Crippen LogP contribution in [0.15, 0.2) is 104 Å². The lowest BCUT2D eigenvalue weighted by Gasteiger charge is -2.39. The summed E-state index contributed by atoms with van der Waals surface area (Å²) in [6.07, 6.45) is 6.55. The number of benzene rings is 3. The molecule has 0 atom stereocenters. The number of hydrogen-bond acceptors (Lipinski definition) is 1. The zero-order chi connectivity index (χ0) is 22.2. The molecule has 0 unspecified atom stereocenters. The summed E-state index contributed by atoms with van der Waals surface area (Å²) in [5.74, 6) is 1.89. The second-order valence-electron chi connectivity index (χ2n) is 9.53. The number of nitrogens with zero attached hydrogens (tertiary/aromatic N) is 2. The average molecular weight is 426 g/mol. The Bertz CT molecular complexity index is 1510. The van der Waals surface area contributed by atoms with Gasteiger partial charge in [0.1, 0.15) is 11.5 Å². The summed E-state index contributed by atoms with van der Waals surface area (Å²) >= 11 is 0. The van der Waals surface area contributed by atoms with Gasteiger partial charge >= 0.3 is 0 Å². The maximum Gasteiger partial charge on any atom is 0.255 e. The molecule has 0 saturated heterocycles. The van der Waals surface area contributed by atoms with Crippen LogP contribution < -0.4 is 21.1 Å². The van der Waals surface area contributed by atoms with Gasteiger partial charge in [-0.1, -0.05) is 80.0 Å². The van der Waals surface area contributed by atoms with Gasteiger partial charge in [-0.05, 0) is 40.8 Å². The largest absolute Gasteiger partial charge is 0.455 e. The Morgan fingerprint density at radius 3 is 2.09 bits per heavy atom. The normalized spacial score (nSPS) is 14.8. The molecule has 4 heterocycles. The zero-order valence-corrected chi connectivity index (χ0v) is 18.7. The molecule has 0 saturated carbocycles. The van der Waals surface area contributed by atoms with Crippen molar-refractivity contribution in [2.45, 2.75) is 19.3 Å². The Labute approximate surface area is 194 Å². The first kappa shape index (κ1) is 18.6. The topological polar surface area (TPSA) is 19.1 Å². The van der Waals surface area contributed by atoms with Gasteiger partial charge in [0.25, 0.3) is 6.71 Å². The lowest BCUT2D eigenvalue weighted by Crippen LogP contribution is -2.61. The van der Waals surface area contributed by atoms with E-state index in [0.717, 1.165) is 22.9 Å². The molecule has 2 aliphatic heterocycles. The average Bonchev–Trinajstić information content (AvgIpc) is 3.45. The molecule has 33 heavy (non-hydrogen) atoms. The summed E-state index contributed by atoms with van der Waals surface area (Å²) in [6, 6.07) is 30.0. The van der Waals surface area contributed by atoms with Crippen molar-refractivity contribution in [2.24, 2.45) is 0 Å². The van der Waals surface area contributed by atoms with Crippen LogP contribution in [-0.4, -0.2) is 15.8 Å². The van der Waals surface area contributed by atoms with E-state index >= 15 is 0 Å². The predicted molar refractivity (Wildman–Crippen MR) is 135 cm³/mol. The van der Waals surface area contributed by atoms with Crippen LogP contribution in [0.2, 0.25) is 0 Å². The molecule has 0 bridgehead atoms. The summed E-state index contributed by atoms with van der Waals surface area (Å²) < 4.78 is 11.1. The smallest absolute Gasteiger partial charge is 0.255 e. The number of fused-ring (bicyclic) bond motifs is 4. The molecule has 158 valence electrons. The molecule has 0 fully saturated rings. The second kappa shape index (κ2) is 6.55. The predicted octanol–water partition coefficient (Wildman–Crippen LogP) is 4.53. The van der Waals surface area contributed by atoms with Crippen LogP contribution in [0.5, 0.6) is 11.5 Å². The van der Waals surface area contributed by atoms with E-state index in [-0.39, 0.29) is 12.1 Å². The van der Waals surface area contributed by atoms with Crippen molar-refractivity contribution in [2.75, 3.05) is 0 Å². The summed E-state index contributed by atoms with van der Waals surface area (Å²) in [7, 11) is 0. The van der Waals surface area contributed by atoms with E-state index in [2.05, 4.69) is 120 Å². The molecule has 7 rings (SSSR count). The van der Waals surface area contributed by atoms with Crippen molar-refractivity contribution in [3.63, 3.8) is 0 Å². The van der Waals surface area contributed by atoms with Gasteiger partial charge in [0.15, 0.2) is 0 Å². The Morgan fingerprint density at radius 1 is 0.667 bits per heavy atom. The van der Waals surface area contributed by atoms with Gasteiger partial charge in [-0.25, -0.2) is 0 Å². The third-order valence-electron chi connectivity index (χ3n) is 7.27. The van der Waals surface area contributed by atoms with Crippen molar-refractivity contribution in [1.29, 1.82) is 0 Å². The lowest BCUT2D eigenvalue weighted by molar-refractivity contribution is 0.486. The van der Waals surface area contributed by atoms with E-state index < -0.39 is 0 Å². The number of ether oxygens (including phenoxy) is 1. The number of hydrogen-bond donors (Lipinski definition) is 0. The number of aromatic nitrogens is 2. The molecule has 0 spiro atoms. The van der Waals surface area contributed by atoms with E-state index in [1.165, 1.54) is 27.6 Å². The quantitative estimate of drug-likeness (QED) is 0.373. The fourth-order valence-electron chi connectivity index (χ4n) is 5.83. The van der Waals surface area contributed by atoms with Crippen molar-refractivity contribution >= 4 is 23.1 Å². The van der Waals surface area contributed by atoms with Crippen molar-refractivity contribution in [3.05, 3.63) is 115 Å². The fraction of sp³-hybridized carbons (Fsp3) is 0.103. The van der Waals surface area contributed by atoms with Gasteiger partial charge in [-0.2, -0.15) is 0 Å². The van der Waals surface area contributed by atoms with Crippen LogP contribution in [0.3, 0.4) is 0 Å². The first-order valence-corrected chi connectivity index (χ1v) is 11.5. The monoisotopic (exact) mass is 426 g/mol. The van der Waals surface area contributed by atoms with Gasteiger partial charge in [0.05, 0.1) is 12.4 Å². The van der Waals surface area contributed by atoms with Gasteiger partial charge in [-0.3, -0.25) is 0 Å². The molecular formula is C29H23BN2O. The summed E-state index contributed by atoms with van der Waals surface area (Å²) in [6.45, 7) is 4.82. The maximum atomic E-state index is 6.60. The van der Waals surface area contributed by atoms with Crippen LogP contribution >= 0.6 is 0 Å². The SMILES string of the molecule is CC1(C)c2ccccc2B2c3cn(-c4ccccc4)cc3Oc3cn(-c4ccccc4)c1c32. The van der Waals surface area contributed by atoms with Crippen molar-refractivity contribution in [3.8, 4) is 22.9 Å². The van der Waals surface area contributed by atoms with Gasteiger partial charge < -0.3 is 13.9 Å². The van der Waals surface area contributed by atoms with Crippen LogP contribution in [0, 0.1) is 0 Å². The molecule has 0 N–H and O–H groups in total. The number of para-hydroxylation sites is 2. The summed E-state index contributed by atoms with van der Waals surface area (Å²) in [5.41, 5.74) is 8.73. The van der Waals surface area contributed by atoms with E-state index in [1.54, 1.807) is 0 Å². The van der Waals surface area contributed by atoms with Crippen LogP contribution in [0.1, 0.15) is 25.1 Å². The Morgan fingerprint density at radius 2 is 1.33 bits per heavy atom. The van der Waals surface area contributed by atoms with Gasteiger partial charge in [0.2, 0.25) is 0 Å². The zero-order valence-electron chi connectivity index (χ0n) is 18.7. The second-order valence-corrected chi connectivity index (χ2v) is 9.53. The first-order chi connectivity index (χ1) is 16.1. The fourth-order valence-corrected chi connectivity index (χ4v) is 5.83. The highest BCUT2D eigenvalue weighted by Crippen LogP contribution is 2.40. The van der Waals surface area contributed by atoms with Crippen LogP contribution in [-0.2, 0) is 5.41 Å². The van der Waals surface area contributed by atoms with E-state index in [4.69, 9.17) is 4.74 Å². The van der Waals surface area contributed by atoms with Crippen LogP contribution in [0.4, 0.5) is 0 Å². The first-order valence-electron chi connectivity index (χ1n) is 11.5. The molecule has 5 aromatic rings. The van der Waals surface area contributed by atoms with E-state index in [1.807, 2.05) is 6.07 Å². The van der Waals surface area contributed by atoms with E-state index in [0.29, 0.717) is 0 Å². The molecule has 2 aliphatic rings. The highest BCUT2D eigenvalue weighted by Gasteiger charge is 2.48. The molecule has 0 aliphatic carbocycles. The van der Waals surface area contributed by atoms with Crippen LogP contribution in [0.25, 0.3) is 11.4 Å². The summed E-state index contributed by atoms with van der Waals surface area (Å²) in [5, 5.41) is 0. The molecule has 3 aromatic carbocycles. The maximum absolute atomic E-state index is 6.60. The lowest BCUT2D eigenvalue weighted by atomic mass is 9.32. The van der Waals surface area contributed by atoms with Gasteiger partial charge in [0, 0.05) is 28.7 Å². The Balaban J connectivity index is 1.52. The minimum atomic E-state index is -0.153. The summed E-state index contributed by atoms with van der Waals surface area (Å²) in [4.78, 5) is 0. The standard InChI is InChI=1S/C29H23BN2O/c1-29(2)22-15-9-10-16-23(22)30-24-17-31(20-11-5-3-6-12-20)18-25(24)33-26-19-32(28(29)27(26)30)21-13-7-4-8-14-21/h3-19H,1-2H3. The highest BCUT2D eigenvalue weighted by molar-refractivity contribution is 6.98. The van der Waals surface area contributed by atoms with Gasteiger partial charge in [-0.15, -0.1) is 0 Å². The highest BCUT2D eigenvalue weighted by atomic mass is 16.5. The van der Waals surface area contributed by atoms with E-state index in [9.17, 15) is 0 Å². The molecule has 3 nitrogen and oxygen atoms in total.